The minimum Gasteiger partial charge on any atom is -0.438 e. The van der Waals surface area contributed by atoms with E-state index in [1.807, 2.05) is 91.9 Å². The van der Waals surface area contributed by atoms with Gasteiger partial charge in [-0.3, -0.25) is 10.1 Å². The summed E-state index contributed by atoms with van der Waals surface area (Å²) < 4.78 is 6.01. The van der Waals surface area contributed by atoms with Gasteiger partial charge in [-0.2, -0.15) is 0 Å². The highest BCUT2D eigenvalue weighted by Gasteiger charge is 2.16. The molecule has 5 nitrogen and oxygen atoms in total. The van der Waals surface area contributed by atoms with Gasteiger partial charge in [0, 0.05) is 15.8 Å². The zero-order valence-electron chi connectivity index (χ0n) is 17.3. The molecule has 0 radical (unpaired) electrons. The van der Waals surface area contributed by atoms with Crippen LogP contribution in [0.25, 0.3) is 22.2 Å². The highest BCUT2D eigenvalue weighted by molar-refractivity contribution is 7.16. The maximum atomic E-state index is 13.3. The second-order valence-electron chi connectivity index (χ2n) is 7.19. The summed E-state index contributed by atoms with van der Waals surface area (Å²) in [6, 6.07) is 28.7. The number of aryl methyl sites for hydroxylation is 1. The van der Waals surface area contributed by atoms with Gasteiger partial charge in [-0.15, -0.1) is 11.3 Å². The monoisotopic (exact) mass is 437 g/mol. The molecule has 5 rings (SSSR count). The number of carbonyl (C=O) groups excluding carboxylic acids is 1. The van der Waals surface area contributed by atoms with E-state index < -0.39 is 0 Å². The number of carbonyl (C=O) groups is 1. The zero-order chi connectivity index (χ0) is 21.9. The number of amides is 1. The van der Waals surface area contributed by atoms with Crippen LogP contribution in [0.2, 0.25) is 0 Å². The number of anilines is 1. The van der Waals surface area contributed by atoms with Crippen LogP contribution in [0.5, 0.6) is 0 Å². The van der Waals surface area contributed by atoms with E-state index >= 15 is 0 Å². The van der Waals surface area contributed by atoms with Crippen molar-refractivity contribution in [1.29, 1.82) is 0 Å². The first kappa shape index (κ1) is 19.9. The fourth-order valence-electron chi connectivity index (χ4n) is 3.41. The van der Waals surface area contributed by atoms with Crippen LogP contribution in [0.3, 0.4) is 0 Å². The molecule has 0 spiro atoms. The standard InChI is InChI=1S/C26H19N3O2S/c1-17-23(18-10-4-2-5-11-18)28-26(32-17)29-24(30)21-16-19-12-8-9-15-22(19)31-25(21)27-20-13-6-3-7-14-20/h2-16H,1H3,(H,28,29,30). The van der Waals surface area contributed by atoms with Crippen molar-refractivity contribution < 1.29 is 9.21 Å². The van der Waals surface area contributed by atoms with Gasteiger partial charge in [-0.1, -0.05) is 66.7 Å². The van der Waals surface area contributed by atoms with Crippen LogP contribution < -0.4 is 10.9 Å². The highest BCUT2D eigenvalue weighted by Crippen LogP contribution is 2.30. The summed E-state index contributed by atoms with van der Waals surface area (Å²) in [5, 5.41) is 4.29. The molecule has 156 valence electrons. The van der Waals surface area contributed by atoms with Crippen molar-refractivity contribution in [2.45, 2.75) is 6.92 Å². The van der Waals surface area contributed by atoms with Crippen molar-refractivity contribution in [3.63, 3.8) is 0 Å². The number of hydrogen-bond acceptors (Lipinski definition) is 5. The lowest BCUT2D eigenvalue weighted by atomic mass is 10.1. The Morgan fingerprint density at radius 1 is 0.938 bits per heavy atom. The third-order valence-corrected chi connectivity index (χ3v) is 5.84. The molecule has 2 aromatic heterocycles. The van der Waals surface area contributed by atoms with Gasteiger partial charge >= 0.3 is 0 Å². The third kappa shape index (κ3) is 4.08. The van der Waals surface area contributed by atoms with E-state index in [1.54, 1.807) is 6.07 Å². The Kier molecular flexibility index (Phi) is 5.35. The second kappa shape index (κ2) is 8.61. The van der Waals surface area contributed by atoms with Crippen molar-refractivity contribution in [3.05, 3.63) is 107 Å². The minimum absolute atomic E-state index is 0.254. The Bertz CT molecular complexity index is 1470. The van der Waals surface area contributed by atoms with Gasteiger partial charge in [-0.05, 0) is 31.2 Å². The molecule has 0 saturated heterocycles. The SMILES string of the molecule is Cc1sc(NC(=O)c2cc3ccccc3oc2=Nc2ccccc2)nc1-c1ccccc1. The molecule has 0 aliphatic carbocycles. The average molecular weight is 438 g/mol. The number of rotatable bonds is 4. The summed E-state index contributed by atoms with van der Waals surface area (Å²) in [6.07, 6.45) is 0. The lowest BCUT2D eigenvalue weighted by molar-refractivity contribution is 0.102. The van der Waals surface area contributed by atoms with E-state index in [4.69, 9.17) is 4.42 Å². The summed E-state index contributed by atoms with van der Waals surface area (Å²) in [6.45, 7) is 2.00. The summed E-state index contributed by atoms with van der Waals surface area (Å²) in [4.78, 5) is 23.5. The maximum Gasteiger partial charge on any atom is 0.262 e. The highest BCUT2D eigenvalue weighted by atomic mass is 32.1. The van der Waals surface area contributed by atoms with Crippen LogP contribution >= 0.6 is 11.3 Å². The van der Waals surface area contributed by atoms with E-state index in [9.17, 15) is 4.79 Å². The van der Waals surface area contributed by atoms with E-state index in [0.717, 1.165) is 21.5 Å². The van der Waals surface area contributed by atoms with Gasteiger partial charge in [0.2, 0.25) is 5.55 Å². The molecular weight excluding hydrogens is 418 g/mol. The number of nitrogens with zero attached hydrogens (tertiary/aromatic N) is 2. The quantitative estimate of drug-likeness (QED) is 0.356. The fraction of sp³-hybridized carbons (Fsp3) is 0.0385. The maximum absolute atomic E-state index is 13.3. The van der Waals surface area contributed by atoms with Crippen molar-refractivity contribution in [2.24, 2.45) is 4.99 Å². The predicted octanol–water partition coefficient (Wildman–Crippen LogP) is 6.35. The first-order valence-electron chi connectivity index (χ1n) is 10.1. The summed E-state index contributed by atoms with van der Waals surface area (Å²) >= 11 is 1.44. The molecular formula is C26H19N3O2S. The molecule has 1 amide bonds. The Hall–Kier alpha value is -4.03. The van der Waals surface area contributed by atoms with E-state index in [2.05, 4.69) is 15.3 Å². The molecule has 5 aromatic rings. The second-order valence-corrected chi connectivity index (χ2v) is 8.40. The summed E-state index contributed by atoms with van der Waals surface area (Å²) in [5.41, 5.74) is 3.85. The first-order valence-corrected chi connectivity index (χ1v) is 11.0. The predicted molar refractivity (Wildman–Crippen MR) is 128 cm³/mol. The molecule has 3 aromatic carbocycles. The lowest BCUT2D eigenvalue weighted by Crippen LogP contribution is -2.21. The molecule has 0 fully saturated rings. The van der Waals surface area contributed by atoms with Crippen molar-refractivity contribution >= 4 is 39.0 Å². The van der Waals surface area contributed by atoms with E-state index in [-0.39, 0.29) is 11.5 Å². The molecule has 0 saturated carbocycles. The Morgan fingerprint density at radius 3 is 2.41 bits per heavy atom. The number of nitrogens with one attached hydrogen (secondary N) is 1. The molecule has 0 atom stereocenters. The largest absolute Gasteiger partial charge is 0.438 e. The number of aromatic nitrogens is 1. The van der Waals surface area contributed by atoms with Crippen LogP contribution in [0.15, 0.2) is 100 Å². The van der Waals surface area contributed by atoms with Crippen LogP contribution in [-0.2, 0) is 0 Å². The number of benzene rings is 3. The van der Waals surface area contributed by atoms with Gasteiger partial charge in [0.15, 0.2) is 5.13 Å². The summed E-state index contributed by atoms with van der Waals surface area (Å²) in [5.74, 6) is -0.317. The molecule has 0 aliphatic heterocycles. The Morgan fingerprint density at radius 2 is 1.62 bits per heavy atom. The van der Waals surface area contributed by atoms with Crippen molar-refractivity contribution in [2.75, 3.05) is 5.32 Å². The molecule has 0 unspecified atom stereocenters. The van der Waals surface area contributed by atoms with E-state index in [1.165, 1.54) is 11.3 Å². The number of fused-ring (bicyclic) bond motifs is 1. The molecule has 2 heterocycles. The minimum atomic E-state index is -0.317. The van der Waals surface area contributed by atoms with Crippen LogP contribution in [0, 0.1) is 6.92 Å². The molecule has 6 heteroatoms. The molecule has 0 bridgehead atoms. The smallest absolute Gasteiger partial charge is 0.262 e. The number of thiazole rings is 1. The lowest BCUT2D eigenvalue weighted by Gasteiger charge is -2.05. The van der Waals surface area contributed by atoms with Gasteiger partial charge < -0.3 is 4.42 Å². The van der Waals surface area contributed by atoms with Crippen LogP contribution in [0.1, 0.15) is 15.2 Å². The molecule has 1 N–H and O–H groups in total. The van der Waals surface area contributed by atoms with Crippen molar-refractivity contribution in [3.8, 4) is 11.3 Å². The fourth-order valence-corrected chi connectivity index (χ4v) is 4.24. The van der Waals surface area contributed by atoms with Crippen molar-refractivity contribution in [1.82, 2.24) is 4.98 Å². The third-order valence-electron chi connectivity index (χ3n) is 4.95. The normalized spacial score (nSPS) is 11.6. The van der Waals surface area contributed by atoms with Crippen LogP contribution in [-0.4, -0.2) is 10.9 Å². The molecule has 0 aliphatic rings. The first-order chi connectivity index (χ1) is 15.7. The van der Waals surface area contributed by atoms with Gasteiger partial charge in [0.1, 0.15) is 11.1 Å². The van der Waals surface area contributed by atoms with Crippen LogP contribution in [0.4, 0.5) is 10.8 Å². The molecule has 32 heavy (non-hydrogen) atoms. The number of para-hydroxylation sites is 2. The zero-order valence-corrected chi connectivity index (χ0v) is 18.1. The average Bonchev–Trinajstić information content (AvgIpc) is 3.19. The van der Waals surface area contributed by atoms with Gasteiger partial charge in [0.25, 0.3) is 5.91 Å². The summed E-state index contributed by atoms with van der Waals surface area (Å²) in [7, 11) is 0. The Balaban J connectivity index is 1.55. The van der Waals surface area contributed by atoms with Gasteiger partial charge in [0.05, 0.1) is 11.4 Å². The Labute approximate surface area is 188 Å². The topological polar surface area (TPSA) is 67.5 Å². The van der Waals surface area contributed by atoms with Gasteiger partial charge in [-0.25, -0.2) is 9.98 Å². The number of hydrogen-bond donors (Lipinski definition) is 1. The van der Waals surface area contributed by atoms with E-state index in [0.29, 0.717) is 22.0 Å².